The first-order valence-corrected chi connectivity index (χ1v) is 21.4. The van der Waals surface area contributed by atoms with E-state index in [2.05, 4.69) is 5.32 Å². The summed E-state index contributed by atoms with van der Waals surface area (Å²) >= 11 is 0. The van der Waals surface area contributed by atoms with Crippen molar-refractivity contribution in [3.05, 3.63) is 63.2 Å². The van der Waals surface area contributed by atoms with Crippen LogP contribution in [0.4, 0.5) is 5.69 Å². The highest BCUT2D eigenvalue weighted by Gasteiger charge is 2.50. The first kappa shape index (κ1) is 46.6. The number of quaternary nitrogens is 1. The average molecular weight is 863 g/mol. The molecular weight excluding hydrogens is 801 g/mol. The van der Waals surface area contributed by atoms with Crippen LogP contribution in [0.2, 0.25) is 0 Å². The number of carbonyl (C=O) groups excluding carboxylic acids is 3. The van der Waals surface area contributed by atoms with Crippen LogP contribution in [-0.4, -0.2) is 105 Å². The maximum Gasteiger partial charge on any atom is 0.312 e. The Morgan fingerprint density at radius 2 is 1.63 bits per heavy atom. The fraction of sp³-hybridized carbons (Fsp3) is 0.587. The largest absolute Gasteiger partial charge is 0.633 e. The maximum absolute atomic E-state index is 14.7. The number of benzene rings is 2. The standard InChI is InChI=1S/C46H62N4O12/c1-22(2)21-50(58)18-16-46(17-19-50)48-34-31-32-39(54)28(8)42-33(31)43(56)45(10,62-42)60-20-15-30(59-11)25(5)41(61-29(9)51)27(7)38(53)26(6)37(52)23(3)13-12-14-24(4)44(57)47-36(40(32)55)35(34)49-46/h12-15,20,22-23,25-27,30,37-38,41,52-55H,16-19,21H2,1-11H3,(H,47,57)/b13-12-,20-15-,24-14+/t23-,25-,26+,27+,30-,37-,38+,41-,45-,46?,50?/m0/s1. The Balaban J connectivity index is 1.55. The highest BCUT2D eigenvalue weighted by molar-refractivity contribution is 6.19. The summed E-state index contributed by atoms with van der Waals surface area (Å²) in [6.45, 7) is 17.6. The minimum Gasteiger partial charge on any atom is -0.633 e. The summed E-state index contributed by atoms with van der Waals surface area (Å²) in [6.07, 6.45) is 4.26. The molecule has 4 bridgehead atoms. The summed E-state index contributed by atoms with van der Waals surface area (Å²) in [4.78, 5) is 51.1. The van der Waals surface area contributed by atoms with Crippen molar-refractivity contribution in [2.45, 2.75) is 118 Å². The average Bonchev–Trinajstić information content (AvgIpc) is 3.72. The number of aromatic hydroxyl groups is 2. The van der Waals surface area contributed by atoms with Crippen LogP contribution >= 0.6 is 0 Å². The number of Topliss-reactive ketones (excluding diaryl/α,β-unsaturated/α-hetero) is 1. The Hall–Kier alpha value is -4.87. The summed E-state index contributed by atoms with van der Waals surface area (Å²) in [5.74, 6) is -7.12. The SMILES string of the molecule is CO[C@H]1/C=C\O[C@@]2(C)Oc3c(C)c(O)c4c(O)c(c5c(c4c3C2=O)=NC2(CC[N+]([O-])(CC(C)C)CC2)N=5)NC(=O)/C(C)=C/C=C\[C@H](C)[C@H](O)[C@@H](C)[C@@H](O)[C@@H](C)[C@@H](OC(C)=O)[C@H]1C. The number of amides is 1. The van der Waals surface area contributed by atoms with Crippen LogP contribution in [-0.2, 0) is 23.8 Å². The number of methoxy groups -OCH3 is 1. The van der Waals surface area contributed by atoms with Gasteiger partial charge in [-0.25, -0.2) is 0 Å². The van der Waals surface area contributed by atoms with E-state index >= 15 is 0 Å². The number of aliphatic hydroxyl groups excluding tert-OH is 2. The van der Waals surface area contributed by atoms with E-state index in [0.29, 0.717) is 6.54 Å². The third-order valence-electron chi connectivity index (χ3n) is 13.1. The van der Waals surface area contributed by atoms with Gasteiger partial charge in [0.1, 0.15) is 28.6 Å². The lowest BCUT2D eigenvalue weighted by atomic mass is 9.78. The number of fused-ring (bicyclic) bond motifs is 1. The molecule has 9 atom stereocenters. The van der Waals surface area contributed by atoms with Gasteiger partial charge in [-0.05, 0) is 19.9 Å². The number of hydroxylamine groups is 3. The monoisotopic (exact) mass is 862 g/mol. The normalized spacial score (nSPS) is 36.0. The van der Waals surface area contributed by atoms with Crippen molar-refractivity contribution in [2.24, 2.45) is 39.6 Å². The van der Waals surface area contributed by atoms with Gasteiger partial charge in [-0.15, -0.1) is 0 Å². The molecule has 5 N–H and O–H groups in total. The van der Waals surface area contributed by atoms with Crippen molar-refractivity contribution in [3.63, 3.8) is 0 Å². The van der Waals surface area contributed by atoms with Crippen molar-refractivity contribution in [3.8, 4) is 17.2 Å². The van der Waals surface area contributed by atoms with Crippen LogP contribution in [0.5, 0.6) is 17.2 Å². The number of ether oxygens (including phenoxy) is 4. The van der Waals surface area contributed by atoms with Crippen LogP contribution in [0.3, 0.4) is 0 Å². The smallest absolute Gasteiger partial charge is 0.312 e. The number of carbonyl (C=O) groups is 3. The molecule has 1 spiro atoms. The van der Waals surface area contributed by atoms with Gasteiger partial charge in [0.25, 0.3) is 11.7 Å². The summed E-state index contributed by atoms with van der Waals surface area (Å²) in [6, 6.07) is 0. The zero-order chi connectivity index (χ0) is 45.8. The van der Waals surface area contributed by atoms with Crippen molar-refractivity contribution in [2.75, 3.05) is 32.1 Å². The summed E-state index contributed by atoms with van der Waals surface area (Å²) in [5.41, 5.74) is -0.980. The molecule has 6 rings (SSSR count). The Labute approximate surface area is 361 Å². The van der Waals surface area contributed by atoms with Gasteiger partial charge in [0.05, 0.1) is 60.5 Å². The van der Waals surface area contributed by atoms with Crippen LogP contribution in [0.1, 0.15) is 91.1 Å². The molecule has 0 aromatic heterocycles. The number of allylic oxidation sites excluding steroid dienone is 2. The number of nitrogens with zero attached hydrogens (tertiary/aromatic N) is 3. The van der Waals surface area contributed by atoms with Crippen molar-refractivity contribution >= 4 is 34.1 Å². The minimum atomic E-state index is -2.00. The molecule has 2 aromatic carbocycles. The number of phenols is 2. The summed E-state index contributed by atoms with van der Waals surface area (Å²) in [5, 5.41) is 63.5. The second kappa shape index (κ2) is 17.4. The van der Waals surface area contributed by atoms with Gasteiger partial charge >= 0.3 is 11.8 Å². The molecule has 0 unspecified atom stereocenters. The van der Waals surface area contributed by atoms with Gasteiger partial charge in [0.15, 0.2) is 11.4 Å². The fourth-order valence-electron chi connectivity index (χ4n) is 9.44. The van der Waals surface area contributed by atoms with E-state index in [1.807, 2.05) is 13.8 Å². The summed E-state index contributed by atoms with van der Waals surface area (Å²) < 4.78 is 23.5. The van der Waals surface area contributed by atoms with E-state index in [1.165, 1.54) is 46.3 Å². The molecule has 338 valence electrons. The van der Waals surface area contributed by atoms with Gasteiger partial charge < -0.3 is 54.5 Å². The Kier molecular flexibility index (Phi) is 13.1. The number of phenolic OH excluding ortho intramolecular Hbond substituents is 2. The summed E-state index contributed by atoms with van der Waals surface area (Å²) in [7, 11) is 1.45. The number of hydrogen-bond acceptors (Lipinski definition) is 14. The second-order valence-corrected chi connectivity index (χ2v) is 18.3. The first-order valence-electron chi connectivity index (χ1n) is 21.4. The predicted octanol–water partition coefficient (Wildman–Crippen LogP) is 4.76. The number of esters is 1. The number of ketones is 1. The molecule has 0 radical (unpaired) electrons. The van der Waals surface area contributed by atoms with Crippen molar-refractivity contribution < 1.29 is 58.4 Å². The van der Waals surface area contributed by atoms with Gasteiger partial charge in [0, 0.05) is 79.9 Å². The number of likely N-dealkylation sites (tertiary alicyclic amines) is 1. The Morgan fingerprint density at radius 3 is 2.24 bits per heavy atom. The topological polar surface area (TPSA) is 229 Å². The van der Waals surface area contributed by atoms with Crippen LogP contribution < -0.4 is 20.8 Å². The molecule has 62 heavy (non-hydrogen) atoms. The number of hydrogen-bond donors (Lipinski definition) is 5. The Bertz CT molecular complexity index is 2350. The molecule has 1 saturated heterocycles. The molecule has 4 aliphatic heterocycles. The number of anilines is 1. The lowest BCUT2D eigenvalue weighted by Crippen LogP contribution is -2.54. The maximum atomic E-state index is 14.7. The number of aliphatic hydroxyl groups is 2. The van der Waals surface area contributed by atoms with Gasteiger partial charge in [-0.2, -0.15) is 0 Å². The lowest BCUT2D eigenvalue weighted by Gasteiger charge is -2.49. The highest BCUT2D eigenvalue weighted by Crippen LogP contribution is 2.50. The molecule has 2 aromatic rings. The van der Waals surface area contributed by atoms with Gasteiger partial charge in [-0.1, -0.05) is 59.8 Å². The minimum absolute atomic E-state index is 0.00253. The van der Waals surface area contributed by atoms with E-state index in [0.717, 1.165) is 0 Å². The van der Waals surface area contributed by atoms with E-state index in [-0.39, 0.29) is 81.5 Å². The molecule has 4 heterocycles. The highest BCUT2D eigenvalue weighted by atomic mass is 16.7. The zero-order valence-electron chi connectivity index (χ0n) is 37.5. The number of nitrogens with one attached hydrogen (secondary N) is 1. The quantitative estimate of drug-likeness (QED) is 0.121. The van der Waals surface area contributed by atoms with E-state index in [9.17, 15) is 40.0 Å². The molecule has 0 saturated carbocycles. The Morgan fingerprint density at radius 1 is 0.984 bits per heavy atom. The molecule has 4 aliphatic rings. The lowest BCUT2D eigenvalue weighted by molar-refractivity contribution is -0.889. The van der Waals surface area contributed by atoms with Gasteiger partial charge in [0.2, 0.25) is 0 Å². The van der Waals surface area contributed by atoms with Crippen molar-refractivity contribution in [1.82, 2.24) is 0 Å². The molecular formula is C46H62N4O12. The van der Waals surface area contributed by atoms with E-state index < -0.39 is 93.3 Å². The van der Waals surface area contributed by atoms with E-state index in [4.69, 9.17) is 28.9 Å². The van der Waals surface area contributed by atoms with Gasteiger partial charge in [-0.3, -0.25) is 24.4 Å². The number of rotatable bonds is 4. The predicted molar refractivity (Wildman–Crippen MR) is 229 cm³/mol. The molecule has 16 nitrogen and oxygen atoms in total. The van der Waals surface area contributed by atoms with Crippen LogP contribution in [0.25, 0.3) is 10.8 Å². The number of piperidine rings is 1. The zero-order valence-corrected chi connectivity index (χ0v) is 37.5. The third kappa shape index (κ3) is 8.47. The third-order valence-corrected chi connectivity index (χ3v) is 13.1. The van der Waals surface area contributed by atoms with Crippen LogP contribution in [0.15, 0.2) is 46.1 Å². The molecule has 16 heteroatoms. The molecule has 1 fully saturated rings. The fourth-order valence-corrected chi connectivity index (χ4v) is 9.44. The van der Waals surface area contributed by atoms with Crippen LogP contribution in [0, 0.1) is 41.7 Å². The second-order valence-electron chi connectivity index (χ2n) is 18.3. The molecule has 1 amide bonds. The first-order chi connectivity index (χ1) is 29.0. The van der Waals surface area contributed by atoms with E-state index in [1.54, 1.807) is 46.8 Å². The molecule has 0 aliphatic carbocycles. The van der Waals surface area contributed by atoms with Crippen molar-refractivity contribution in [1.29, 1.82) is 0 Å².